The Hall–Kier alpha value is -0.630. The standard InChI is InChI=1S/C8H14O2/c1-4-7(3)10-6-8(9)5-2/h5,7H,2,4,6H2,1,3H3. The van der Waals surface area contributed by atoms with Gasteiger partial charge in [0.25, 0.3) is 0 Å². The van der Waals surface area contributed by atoms with E-state index >= 15 is 0 Å². The molecule has 0 fully saturated rings. The van der Waals surface area contributed by atoms with Crippen LogP contribution in [0.15, 0.2) is 12.7 Å². The normalized spacial score (nSPS) is 12.6. The van der Waals surface area contributed by atoms with Crippen molar-refractivity contribution >= 4 is 5.78 Å². The molecule has 0 radical (unpaired) electrons. The van der Waals surface area contributed by atoms with Crippen molar-refractivity contribution in [2.45, 2.75) is 26.4 Å². The second-order valence-electron chi connectivity index (χ2n) is 2.20. The molecule has 0 aliphatic rings. The van der Waals surface area contributed by atoms with E-state index in [2.05, 4.69) is 6.58 Å². The summed E-state index contributed by atoms with van der Waals surface area (Å²) >= 11 is 0. The predicted octanol–water partition coefficient (Wildman–Crippen LogP) is 1.56. The van der Waals surface area contributed by atoms with Gasteiger partial charge in [-0.25, -0.2) is 0 Å². The Kier molecular flexibility index (Phi) is 4.85. The fourth-order valence-corrected chi connectivity index (χ4v) is 0.401. The summed E-state index contributed by atoms with van der Waals surface area (Å²) in [5.74, 6) is -0.0553. The van der Waals surface area contributed by atoms with Crippen molar-refractivity contribution < 1.29 is 9.53 Å². The molecule has 0 aromatic heterocycles. The monoisotopic (exact) mass is 142 g/mol. The average molecular weight is 142 g/mol. The number of ketones is 1. The molecule has 10 heavy (non-hydrogen) atoms. The number of hydrogen-bond donors (Lipinski definition) is 0. The smallest absolute Gasteiger partial charge is 0.180 e. The van der Waals surface area contributed by atoms with E-state index in [1.54, 1.807) is 0 Å². The molecule has 0 saturated carbocycles. The van der Waals surface area contributed by atoms with Gasteiger partial charge in [0.1, 0.15) is 6.61 Å². The molecule has 1 atom stereocenters. The molecule has 0 bridgehead atoms. The van der Waals surface area contributed by atoms with Crippen LogP contribution in [0.4, 0.5) is 0 Å². The summed E-state index contributed by atoms with van der Waals surface area (Å²) in [6.07, 6.45) is 2.39. The number of carbonyl (C=O) groups is 1. The molecule has 0 aromatic carbocycles. The molecule has 0 spiro atoms. The van der Waals surface area contributed by atoms with Crippen molar-refractivity contribution in [1.82, 2.24) is 0 Å². The van der Waals surface area contributed by atoms with E-state index in [0.717, 1.165) is 6.42 Å². The first-order chi connectivity index (χ1) is 4.70. The van der Waals surface area contributed by atoms with Crippen molar-refractivity contribution in [3.63, 3.8) is 0 Å². The Morgan fingerprint density at radius 2 is 2.40 bits per heavy atom. The van der Waals surface area contributed by atoms with Gasteiger partial charge in [0.05, 0.1) is 6.10 Å². The first-order valence-corrected chi connectivity index (χ1v) is 3.47. The van der Waals surface area contributed by atoms with Crippen molar-refractivity contribution in [1.29, 1.82) is 0 Å². The van der Waals surface area contributed by atoms with Gasteiger partial charge in [-0.3, -0.25) is 4.79 Å². The molecule has 2 nitrogen and oxygen atoms in total. The Morgan fingerprint density at radius 1 is 1.80 bits per heavy atom. The van der Waals surface area contributed by atoms with E-state index in [0.29, 0.717) is 0 Å². The van der Waals surface area contributed by atoms with Gasteiger partial charge in [-0.1, -0.05) is 13.5 Å². The predicted molar refractivity (Wildman–Crippen MR) is 40.9 cm³/mol. The lowest BCUT2D eigenvalue weighted by molar-refractivity contribution is -0.120. The molecule has 2 heteroatoms. The highest BCUT2D eigenvalue weighted by molar-refractivity contribution is 5.90. The highest BCUT2D eigenvalue weighted by atomic mass is 16.5. The first-order valence-electron chi connectivity index (χ1n) is 3.47. The van der Waals surface area contributed by atoms with Crippen molar-refractivity contribution in [2.75, 3.05) is 6.61 Å². The quantitative estimate of drug-likeness (QED) is 0.544. The summed E-state index contributed by atoms with van der Waals surface area (Å²) < 4.78 is 5.12. The second kappa shape index (κ2) is 5.18. The molecule has 0 N–H and O–H groups in total. The molecule has 1 unspecified atom stereocenters. The zero-order valence-corrected chi connectivity index (χ0v) is 6.59. The lowest BCUT2D eigenvalue weighted by Crippen LogP contribution is -2.12. The van der Waals surface area contributed by atoms with E-state index in [1.165, 1.54) is 6.08 Å². The molecular weight excluding hydrogens is 128 g/mol. The zero-order chi connectivity index (χ0) is 7.98. The summed E-state index contributed by atoms with van der Waals surface area (Å²) in [6, 6.07) is 0. The van der Waals surface area contributed by atoms with E-state index in [9.17, 15) is 4.79 Å². The van der Waals surface area contributed by atoms with Crippen LogP contribution in [0.5, 0.6) is 0 Å². The van der Waals surface area contributed by atoms with E-state index in [4.69, 9.17) is 4.74 Å². The minimum atomic E-state index is -0.0553. The maximum atomic E-state index is 10.6. The van der Waals surface area contributed by atoms with E-state index < -0.39 is 0 Å². The molecule has 0 rings (SSSR count). The maximum absolute atomic E-state index is 10.6. The van der Waals surface area contributed by atoms with Crippen LogP contribution < -0.4 is 0 Å². The average Bonchev–Trinajstić information content (AvgIpc) is 1.99. The van der Waals surface area contributed by atoms with Gasteiger partial charge >= 0.3 is 0 Å². The van der Waals surface area contributed by atoms with E-state index in [1.807, 2.05) is 13.8 Å². The number of hydrogen-bond acceptors (Lipinski definition) is 2. The van der Waals surface area contributed by atoms with Crippen LogP contribution in [0.3, 0.4) is 0 Å². The fraction of sp³-hybridized carbons (Fsp3) is 0.625. The molecule has 58 valence electrons. The number of rotatable bonds is 5. The van der Waals surface area contributed by atoms with Crippen LogP contribution >= 0.6 is 0 Å². The minimum absolute atomic E-state index is 0.0553. The van der Waals surface area contributed by atoms with Gasteiger partial charge in [-0.15, -0.1) is 0 Å². The van der Waals surface area contributed by atoms with Gasteiger partial charge in [0.2, 0.25) is 0 Å². The van der Waals surface area contributed by atoms with Crippen molar-refractivity contribution in [3.05, 3.63) is 12.7 Å². The lowest BCUT2D eigenvalue weighted by Gasteiger charge is -2.07. The van der Waals surface area contributed by atoms with Crippen LogP contribution in [-0.2, 0) is 9.53 Å². The summed E-state index contributed by atoms with van der Waals surface area (Å²) in [4.78, 5) is 10.6. The van der Waals surface area contributed by atoms with Crippen LogP contribution in [-0.4, -0.2) is 18.5 Å². The van der Waals surface area contributed by atoms with Crippen molar-refractivity contribution in [2.24, 2.45) is 0 Å². The van der Waals surface area contributed by atoms with Gasteiger partial charge in [0.15, 0.2) is 5.78 Å². The number of ether oxygens (including phenoxy) is 1. The first kappa shape index (κ1) is 9.37. The topological polar surface area (TPSA) is 26.3 Å². The molecule has 0 heterocycles. The van der Waals surface area contributed by atoms with E-state index in [-0.39, 0.29) is 18.5 Å². The SMILES string of the molecule is C=CC(=O)COC(C)CC. The molecule has 0 aliphatic carbocycles. The van der Waals surface area contributed by atoms with Crippen LogP contribution in [0.25, 0.3) is 0 Å². The third-order valence-electron chi connectivity index (χ3n) is 1.31. The maximum Gasteiger partial charge on any atom is 0.180 e. The van der Waals surface area contributed by atoms with Crippen LogP contribution in [0, 0.1) is 0 Å². The Balaban J connectivity index is 3.34. The lowest BCUT2D eigenvalue weighted by atomic mass is 10.3. The molecule has 0 amide bonds. The van der Waals surface area contributed by atoms with Crippen molar-refractivity contribution in [3.8, 4) is 0 Å². The molecule has 0 aromatic rings. The Labute approximate surface area is 61.9 Å². The summed E-state index contributed by atoms with van der Waals surface area (Å²) in [7, 11) is 0. The van der Waals surface area contributed by atoms with Gasteiger partial charge in [-0.05, 0) is 19.4 Å². The minimum Gasteiger partial charge on any atom is -0.370 e. The molecular formula is C8H14O2. The fourth-order valence-electron chi connectivity index (χ4n) is 0.401. The Bertz CT molecular complexity index is 118. The second-order valence-corrected chi connectivity index (χ2v) is 2.20. The van der Waals surface area contributed by atoms with Gasteiger partial charge in [0, 0.05) is 0 Å². The van der Waals surface area contributed by atoms with Crippen LogP contribution in [0.2, 0.25) is 0 Å². The Morgan fingerprint density at radius 3 is 2.80 bits per heavy atom. The van der Waals surface area contributed by atoms with Gasteiger partial charge in [-0.2, -0.15) is 0 Å². The highest BCUT2D eigenvalue weighted by Crippen LogP contribution is 1.94. The highest BCUT2D eigenvalue weighted by Gasteiger charge is 2.00. The summed E-state index contributed by atoms with van der Waals surface area (Å²) in [6.45, 7) is 7.46. The largest absolute Gasteiger partial charge is 0.370 e. The third-order valence-corrected chi connectivity index (χ3v) is 1.31. The third kappa shape index (κ3) is 4.27. The number of carbonyl (C=O) groups excluding carboxylic acids is 1. The van der Waals surface area contributed by atoms with Gasteiger partial charge < -0.3 is 4.74 Å². The molecule has 0 aliphatic heterocycles. The van der Waals surface area contributed by atoms with Crippen LogP contribution in [0.1, 0.15) is 20.3 Å². The summed E-state index contributed by atoms with van der Waals surface area (Å²) in [5, 5.41) is 0. The summed E-state index contributed by atoms with van der Waals surface area (Å²) in [5.41, 5.74) is 0. The molecule has 0 saturated heterocycles. The zero-order valence-electron chi connectivity index (χ0n) is 6.59.